The van der Waals surface area contributed by atoms with Crippen LogP contribution in [-0.4, -0.2) is 28.6 Å². The van der Waals surface area contributed by atoms with Gasteiger partial charge in [-0.25, -0.2) is 4.79 Å². The Morgan fingerprint density at radius 1 is 1.42 bits per heavy atom. The van der Waals surface area contributed by atoms with Gasteiger partial charge in [0.2, 0.25) is 0 Å². The van der Waals surface area contributed by atoms with E-state index in [1.165, 1.54) is 7.11 Å². The molecule has 6 heteroatoms. The normalized spacial score (nSPS) is 20.8. The third kappa shape index (κ3) is 2.46. The lowest BCUT2D eigenvalue weighted by molar-refractivity contribution is -0.136. The zero-order chi connectivity index (χ0) is 17.4. The fourth-order valence-electron chi connectivity index (χ4n) is 3.74. The molecule has 1 aliphatic heterocycles. The Labute approximate surface area is 141 Å². The number of rotatable bonds is 3. The van der Waals surface area contributed by atoms with Crippen LogP contribution in [0.4, 0.5) is 0 Å². The molecule has 1 aromatic rings. The Kier molecular flexibility index (Phi) is 4.30. The Balaban J connectivity index is 2.22. The zero-order valence-corrected chi connectivity index (χ0v) is 14.6. The first-order valence-corrected chi connectivity index (χ1v) is 8.34. The van der Waals surface area contributed by atoms with Gasteiger partial charge in [-0.05, 0) is 33.6 Å². The summed E-state index contributed by atoms with van der Waals surface area (Å²) in [6, 6.07) is 0. The highest BCUT2D eigenvalue weighted by molar-refractivity contribution is 6.03. The first kappa shape index (κ1) is 16.5. The number of esters is 1. The third-order valence-corrected chi connectivity index (χ3v) is 4.93. The number of nitrogens with zero attached hydrogens (tertiary/aromatic N) is 2. The third-order valence-electron chi connectivity index (χ3n) is 4.93. The molecule has 1 aliphatic carbocycles. The van der Waals surface area contributed by atoms with Crippen LogP contribution >= 0.6 is 0 Å². The molecule has 1 N–H and O–H groups in total. The van der Waals surface area contributed by atoms with E-state index in [0.29, 0.717) is 17.6 Å². The van der Waals surface area contributed by atoms with Gasteiger partial charge >= 0.3 is 5.97 Å². The van der Waals surface area contributed by atoms with E-state index in [1.54, 1.807) is 6.20 Å². The second kappa shape index (κ2) is 6.26. The van der Waals surface area contributed by atoms with Crippen LogP contribution in [0.2, 0.25) is 0 Å². The average molecular weight is 329 g/mol. The van der Waals surface area contributed by atoms with Crippen molar-refractivity contribution in [3.8, 4) is 0 Å². The number of aromatic nitrogens is 2. The van der Waals surface area contributed by atoms with Crippen LogP contribution in [0.25, 0.3) is 0 Å². The van der Waals surface area contributed by atoms with Crippen molar-refractivity contribution in [3.05, 3.63) is 40.0 Å². The predicted octanol–water partition coefficient (Wildman–Crippen LogP) is 2.35. The number of hydrogen-bond donors (Lipinski definition) is 1. The first-order chi connectivity index (χ1) is 11.5. The van der Waals surface area contributed by atoms with Crippen molar-refractivity contribution in [3.63, 3.8) is 0 Å². The number of allylic oxidation sites excluding steroid dienone is 3. The summed E-state index contributed by atoms with van der Waals surface area (Å²) in [5.41, 5.74) is 4.77. The molecular weight excluding hydrogens is 306 g/mol. The molecule has 0 saturated carbocycles. The largest absolute Gasteiger partial charge is 0.466 e. The molecule has 0 saturated heterocycles. The van der Waals surface area contributed by atoms with E-state index in [1.807, 2.05) is 25.5 Å². The molecule has 2 heterocycles. The Morgan fingerprint density at radius 3 is 2.79 bits per heavy atom. The second-order valence-electron chi connectivity index (χ2n) is 6.26. The van der Waals surface area contributed by atoms with Crippen LogP contribution in [0.5, 0.6) is 0 Å². The van der Waals surface area contributed by atoms with Crippen LogP contribution in [-0.2, 0) is 20.9 Å². The number of ketones is 1. The van der Waals surface area contributed by atoms with E-state index in [2.05, 4.69) is 10.4 Å². The van der Waals surface area contributed by atoms with Crippen LogP contribution in [0.15, 0.2) is 28.7 Å². The molecule has 6 nitrogen and oxygen atoms in total. The minimum absolute atomic E-state index is 0.103. The van der Waals surface area contributed by atoms with E-state index >= 15 is 0 Å². The van der Waals surface area contributed by atoms with Gasteiger partial charge in [-0.2, -0.15) is 5.10 Å². The van der Waals surface area contributed by atoms with Crippen molar-refractivity contribution in [1.82, 2.24) is 15.1 Å². The van der Waals surface area contributed by atoms with Gasteiger partial charge < -0.3 is 10.1 Å². The number of ether oxygens (including phenoxy) is 1. The highest BCUT2D eigenvalue weighted by Crippen LogP contribution is 2.43. The van der Waals surface area contributed by atoms with Gasteiger partial charge in [0.05, 0.1) is 24.8 Å². The molecule has 24 heavy (non-hydrogen) atoms. The van der Waals surface area contributed by atoms with Crippen molar-refractivity contribution < 1.29 is 14.3 Å². The summed E-state index contributed by atoms with van der Waals surface area (Å²) in [4.78, 5) is 25.1. The van der Waals surface area contributed by atoms with Gasteiger partial charge in [-0.15, -0.1) is 0 Å². The average Bonchev–Trinajstić information content (AvgIpc) is 2.93. The van der Waals surface area contributed by atoms with Crippen molar-refractivity contribution in [2.45, 2.75) is 52.5 Å². The molecule has 3 rings (SSSR count). The maximum atomic E-state index is 12.7. The highest BCUT2D eigenvalue weighted by atomic mass is 16.5. The van der Waals surface area contributed by atoms with Crippen LogP contribution < -0.4 is 5.32 Å². The number of nitrogens with one attached hydrogen (secondary N) is 1. The Hall–Kier alpha value is -2.37. The molecule has 128 valence electrons. The predicted molar refractivity (Wildman–Crippen MR) is 89.1 cm³/mol. The standard InChI is InChI=1S/C18H23N3O3/c1-5-21-11(3)12(9-19-21)16-15(18(23)24-4)10(2)20-13-7-6-8-14(22)17(13)16/h9,16,20H,5-8H2,1-4H3. The van der Waals surface area contributed by atoms with Gasteiger partial charge in [0, 0.05) is 41.2 Å². The number of methoxy groups -OCH3 is 1. The summed E-state index contributed by atoms with van der Waals surface area (Å²) < 4.78 is 6.89. The van der Waals surface area contributed by atoms with E-state index in [-0.39, 0.29) is 5.78 Å². The second-order valence-corrected chi connectivity index (χ2v) is 6.26. The van der Waals surface area contributed by atoms with Gasteiger partial charge in [0.1, 0.15) is 0 Å². The summed E-state index contributed by atoms with van der Waals surface area (Å²) in [6.07, 6.45) is 3.96. The summed E-state index contributed by atoms with van der Waals surface area (Å²) in [7, 11) is 1.37. The number of Topliss-reactive ketones (excluding diaryl/α,β-unsaturated/α-hetero) is 1. The topological polar surface area (TPSA) is 73.2 Å². The van der Waals surface area contributed by atoms with Crippen molar-refractivity contribution >= 4 is 11.8 Å². The number of dihydropyridines is 1. The Morgan fingerprint density at radius 2 is 2.17 bits per heavy atom. The van der Waals surface area contributed by atoms with Gasteiger partial charge in [0.15, 0.2) is 5.78 Å². The van der Waals surface area contributed by atoms with E-state index in [9.17, 15) is 9.59 Å². The van der Waals surface area contributed by atoms with Crippen molar-refractivity contribution in [2.24, 2.45) is 0 Å². The molecule has 1 unspecified atom stereocenters. The fraction of sp³-hybridized carbons (Fsp3) is 0.500. The molecule has 1 aromatic heterocycles. The zero-order valence-electron chi connectivity index (χ0n) is 14.6. The summed E-state index contributed by atoms with van der Waals surface area (Å²) in [5.74, 6) is -0.702. The maximum Gasteiger partial charge on any atom is 0.336 e. The fourth-order valence-corrected chi connectivity index (χ4v) is 3.74. The van der Waals surface area contributed by atoms with Gasteiger partial charge in [-0.1, -0.05) is 0 Å². The number of carbonyl (C=O) groups is 2. The first-order valence-electron chi connectivity index (χ1n) is 8.34. The molecule has 0 fully saturated rings. The number of aryl methyl sites for hydroxylation is 1. The van der Waals surface area contributed by atoms with Crippen LogP contribution in [0.1, 0.15) is 50.3 Å². The van der Waals surface area contributed by atoms with Crippen molar-refractivity contribution in [2.75, 3.05) is 7.11 Å². The molecule has 0 amide bonds. The molecule has 0 radical (unpaired) electrons. The summed E-state index contributed by atoms with van der Waals surface area (Å²) in [5, 5.41) is 7.67. The summed E-state index contributed by atoms with van der Waals surface area (Å²) >= 11 is 0. The van der Waals surface area contributed by atoms with Crippen LogP contribution in [0, 0.1) is 6.92 Å². The summed E-state index contributed by atoms with van der Waals surface area (Å²) in [6.45, 7) is 6.60. The number of carbonyl (C=O) groups excluding carboxylic acids is 2. The molecule has 0 aromatic carbocycles. The smallest absolute Gasteiger partial charge is 0.336 e. The monoisotopic (exact) mass is 329 g/mol. The van der Waals surface area contributed by atoms with E-state index in [4.69, 9.17) is 4.74 Å². The Bertz CT molecular complexity index is 770. The molecule has 0 spiro atoms. The van der Waals surface area contributed by atoms with Crippen molar-refractivity contribution in [1.29, 1.82) is 0 Å². The lowest BCUT2D eigenvalue weighted by Crippen LogP contribution is -2.34. The van der Waals surface area contributed by atoms with E-state index in [0.717, 1.165) is 42.0 Å². The quantitative estimate of drug-likeness (QED) is 0.862. The highest BCUT2D eigenvalue weighted by Gasteiger charge is 2.40. The molecular formula is C18H23N3O3. The van der Waals surface area contributed by atoms with E-state index < -0.39 is 11.9 Å². The maximum absolute atomic E-state index is 12.7. The lowest BCUT2D eigenvalue weighted by Gasteiger charge is -2.33. The van der Waals surface area contributed by atoms with Gasteiger partial charge in [0.25, 0.3) is 0 Å². The lowest BCUT2D eigenvalue weighted by atomic mass is 9.75. The van der Waals surface area contributed by atoms with Crippen LogP contribution in [0.3, 0.4) is 0 Å². The molecule has 1 atom stereocenters. The van der Waals surface area contributed by atoms with Gasteiger partial charge in [-0.3, -0.25) is 9.48 Å². The molecule has 2 aliphatic rings. The number of hydrogen-bond acceptors (Lipinski definition) is 5. The molecule has 0 bridgehead atoms. The minimum atomic E-state index is -0.404. The minimum Gasteiger partial charge on any atom is -0.466 e. The SMILES string of the molecule is CCn1ncc(C2C(C(=O)OC)=C(C)NC3=C2C(=O)CCC3)c1C.